The lowest BCUT2D eigenvalue weighted by Gasteiger charge is -2.20. The highest BCUT2D eigenvalue weighted by Crippen LogP contribution is 2.24. The second-order valence-corrected chi connectivity index (χ2v) is 5.60. The molecule has 1 aliphatic heterocycles. The van der Waals surface area contributed by atoms with Gasteiger partial charge in [-0.1, -0.05) is 22.6 Å². The van der Waals surface area contributed by atoms with E-state index in [1.165, 1.54) is 24.3 Å². The quantitative estimate of drug-likeness (QED) is 0.636. The average Bonchev–Trinajstić information content (AvgIpc) is 2.16. The van der Waals surface area contributed by atoms with E-state index in [0.29, 0.717) is 5.92 Å². The van der Waals surface area contributed by atoms with Crippen LogP contribution < -0.4 is 5.32 Å². The lowest BCUT2D eigenvalue weighted by molar-refractivity contribution is -0.121. The molecule has 0 saturated carbocycles. The van der Waals surface area contributed by atoms with E-state index < -0.39 is 0 Å². The van der Waals surface area contributed by atoms with E-state index >= 15 is 0 Å². The summed E-state index contributed by atoms with van der Waals surface area (Å²) in [5.74, 6) is 3.37. The third kappa shape index (κ3) is 5.10. The van der Waals surface area contributed by atoms with Gasteiger partial charge in [-0.3, -0.25) is 4.79 Å². The zero-order chi connectivity index (χ0) is 9.52. The molecule has 0 radical (unpaired) electrons. The fraction of sp³-hybridized carbons (Fsp3) is 0.889. The molecule has 0 aliphatic carbocycles. The van der Waals surface area contributed by atoms with E-state index in [0.717, 1.165) is 17.4 Å². The van der Waals surface area contributed by atoms with Crippen LogP contribution in [-0.4, -0.2) is 28.4 Å². The molecule has 1 amide bonds. The van der Waals surface area contributed by atoms with Gasteiger partial charge in [-0.25, -0.2) is 0 Å². The van der Waals surface area contributed by atoms with Crippen LogP contribution >= 0.6 is 34.4 Å². The molecule has 1 heterocycles. The highest BCUT2D eigenvalue weighted by atomic mass is 127. The predicted octanol–water partition coefficient (Wildman–Crippen LogP) is 2.07. The van der Waals surface area contributed by atoms with Gasteiger partial charge in [0.05, 0.1) is 0 Å². The Bertz CT molecular complexity index is 160. The number of carbonyl (C=O) groups excluding carboxylic acids is 1. The molecular weight excluding hydrogens is 297 g/mol. The third-order valence-corrected chi connectivity index (χ3v) is 3.82. The molecule has 1 aliphatic rings. The van der Waals surface area contributed by atoms with Gasteiger partial charge in [0.25, 0.3) is 0 Å². The molecule has 4 heteroatoms. The molecule has 0 bridgehead atoms. The van der Waals surface area contributed by atoms with Crippen LogP contribution in [0.3, 0.4) is 0 Å². The minimum atomic E-state index is 0.244. The fourth-order valence-corrected chi connectivity index (χ4v) is 2.95. The Morgan fingerprint density at radius 2 is 2.15 bits per heavy atom. The molecule has 0 aromatic heterocycles. The number of hydrogen-bond acceptors (Lipinski definition) is 2. The van der Waals surface area contributed by atoms with E-state index in [2.05, 4.69) is 27.9 Å². The van der Waals surface area contributed by atoms with Crippen molar-refractivity contribution in [1.29, 1.82) is 0 Å². The molecule has 0 atom stereocenters. The Kier molecular flexibility index (Phi) is 6.19. The molecule has 1 rings (SSSR count). The van der Waals surface area contributed by atoms with Crippen molar-refractivity contribution in [3.63, 3.8) is 0 Å². The number of nitrogens with one attached hydrogen (secondary N) is 1. The van der Waals surface area contributed by atoms with Crippen molar-refractivity contribution in [2.75, 3.05) is 22.5 Å². The average molecular weight is 313 g/mol. The van der Waals surface area contributed by atoms with Crippen LogP contribution in [0.15, 0.2) is 0 Å². The lowest BCUT2D eigenvalue weighted by atomic mass is 9.98. The zero-order valence-electron chi connectivity index (χ0n) is 7.72. The summed E-state index contributed by atoms with van der Waals surface area (Å²) in [6.07, 6.45) is 3.20. The standard InChI is InChI=1S/C9H16INOS/c10-3-4-11-9(12)7-8-1-5-13-6-2-8/h8H,1-7H2,(H,11,12). The maximum atomic E-state index is 11.3. The summed E-state index contributed by atoms with van der Waals surface area (Å²) in [6, 6.07) is 0. The van der Waals surface area contributed by atoms with Crippen molar-refractivity contribution in [2.24, 2.45) is 5.92 Å². The summed E-state index contributed by atoms with van der Waals surface area (Å²) in [6.45, 7) is 0.820. The highest BCUT2D eigenvalue weighted by molar-refractivity contribution is 14.1. The summed E-state index contributed by atoms with van der Waals surface area (Å²) in [5, 5.41) is 2.93. The minimum Gasteiger partial charge on any atom is -0.355 e. The van der Waals surface area contributed by atoms with E-state index in [9.17, 15) is 4.79 Å². The van der Waals surface area contributed by atoms with Gasteiger partial charge >= 0.3 is 0 Å². The van der Waals surface area contributed by atoms with Gasteiger partial charge in [0.2, 0.25) is 5.91 Å². The second-order valence-electron chi connectivity index (χ2n) is 3.30. The van der Waals surface area contributed by atoms with E-state index in [1.807, 2.05) is 11.8 Å². The van der Waals surface area contributed by atoms with E-state index in [4.69, 9.17) is 0 Å². The van der Waals surface area contributed by atoms with Crippen LogP contribution in [0.2, 0.25) is 0 Å². The molecule has 1 saturated heterocycles. The largest absolute Gasteiger partial charge is 0.355 e. The smallest absolute Gasteiger partial charge is 0.220 e. The topological polar surface area (TPSA) is 29.1 Å². The molecule has 1 fully saturated rings. The lowest BCUT2D eigenvalue weighted by Crippen LogP contribution is -2.28. The number of thioether (sulfide) groups is 1. The molecule has 0 aromatic carbocycles. The van der Waals surface area contributed by atoms with Gasteiger partial charge in [-0.15, -0.1) is 0 Å². The first-order valence-corrected chi connectivity index (χ1v) is 7.41. The van der Waals surface area contributed by atoms with Crippen molar-refractivity contribution in [3.8, 4) is 0 Å². The maximum Gasteiger partial charge on any atom is 0.220 e. The van der Waals surface area contributed by atoms with Crippen LogP contribution in [0.25, 0.3) is 0 Å². The Labute approximate surface area is 97.7 Å². The first kappa shape index (κ1) is 11.6. The number of carbonyl (C=O) groups is 1. The number of rotatable bonds is 4. The Morgan fingerprint density at radius 1 is 1.46 bits per heavy atom. The Morgan fingerprint density at radius 3 is 2.77 bits per heavy atom. The third-order valence-electron chi connectivity index (χ3n) is 2.23. The predicted molar refractivity (Wildman–Crippen MR) is 66.6 cm³/mol. The van der Waals surface area contributed by atoms with Crippen LogP contribution in [0.5, 0.6) is 0 Å². The van der Waals surface area contributed by atoms with Crippen molar-refractivity contribution >= 4 is 40.3 Å². The number of hydrogen-bond donors (Lipinski definition) is 1. The summed E-state index contributed by atoms with van der Waals surface area (Å²) >= 11 is 4.28. The van der Waals surface area contributed by atoms with E-state index in [-0.39, 0.29) is 5.91 Å². The molecule has 0 aromatic rings. The second kappa shape index (κ2) is 6.92. The summed E-state index contributed by atoms with van der Waals surface area (Å²) in [5.41, 5.74) is 0. The van der Waals surface area contributed by atoms with Gasteiger partial charge in [-0.2, -0.15) is 11.8 Å². The Hall–Kier alpha value is 0.550. The van der Waals surface area contributed by atoms with Crippen LogP contribution in [-0.2, 0) is 4.79 Å². The molecule has 1 N–H and O–H groups in total. The van der Waals surface area contributed by atoms with Crippen LogP contribution in [0, 0.1) is 5.92 Å². The minimum absolute atomic E-state index is 0.244. The van der Waals surface area contributed by atoms with E-state index in [1.54, 1.807) is 0 Å². The number of amides is 1. The molecule has 2 nitrogen and oxygen atoms in total. The summed E-state index contributed by atoms with van der Waals surface area (Å²) in [7, 11) is 0. The first-order valence-electron chi connectivity index (χ1n) is 4.73. The fourth-order valence-electron chi connectivity index (χ4n) is 1.47. The summed E-state index contributed by atoms with van der Waals surface area (Å²) in [4.78, 5) is 11.3. The molecule has 76 valence electrons. The highest BCUT2D eigenvalue weighted by Gasteiger charge is 2.16. The monoisotopic (exact) mass is 313 g/mol. The first-order chi connectivity index (χ1) is 6.33. The van der Waals surface area contributed by atoms with Gasteiger partial charge in [-0.05, 0) is 30.3 Å². The SMILES string of the molecule is O=C(CC1CCSCC1)NCCI. The number of halogens is 1. The van der Waals surface area contributed by atoms with Crippen molar-refractivity contribution in [1.82, 2.24) is 5.32 Å². The van der Waals surface area contributed by atoms with Gasteiger partial charge in [0, 0.05) is 17.4 Å². The van der Waals surface area contributed by atoms with Gasteiger partial charge in [0.1, 0.15) is 0 Å². The van der Waals surface area contributed by atoms with Crippen molar-refractivity contribution < 1.29 is 4.79 Å². The molecule has 13 heavy (non-hydrogen) atoms. The zero-order valence-corrected chi connectivity index (χ0v) is 10.7. The maximum absolute atomic E-state index is 11.3. The number of alkyl halides is 1. The molecule has 0 unspecified atom stereocenters. The molecular formula is C9H16INOS. The van der Waals surface area contributed by atoms with Gasteiger partial charge < -0.3 is 5.32 Å². The van der Waals surface area contributed by atoms with Crippen LogP contribution in [0.1, 0.15) is 19.3 Å². The molecule has 0 spiro atoms. The van der Waals surface area contributed by atoms with Crippen molar-refractivity contribution in [3.05, 3.63) is 0 Å². The van der Waals surface area contributed by atoms with Crippen molar-refractivity contribution in [2.45, 2.75) is 19.3 Å². The Balaban J connectivity index is 2.11. The summed E-state index contributed by atoms with van der Waals surface area (Å²) < 4.78 is 1.00. The van der Waals surface area contributed by atoms with Gasteiger partial charge in [0.15, 0.2) is 0 Å². The van der Waals surface area contributed by atoms with Crippen LogP contribution in [0.4, 0.5) is 0 Å². The normalized spacial score (nSPS) is 18.5.